The van der Waals surface area contributed by atoms with E-state index in [2.05, 4.69) is 0 Å². The molecular weight excluding hydrogens is 326 g/mol. The summed E-state index contributed by atoms with van der Waals surface area (Å²) in [6, 6.07) is 0. The van der Waals surface area contributed by atoms with Crippen LogP contribution >= 0.6 is 46.4 Å². The van der Waals surface area contributed by atoms with Gasteiger partial charge in [-0.2, -0.15) is 0 Å². The van der Waals surface area contributed by atoms with Crippen LogP contribution in [-0.4, -0.2) is 27.0 Å². The largest absolute Gasteiger partial charge is 0.480 e. The lowest BCUT2D eigenvalue weighted by molar-refractivity contribution is -0.154. The lowest BCUT2D eigenvalue weighted by Gasteiger charge is -2.41. The molecule has 100 valence electrons. The van der Waals surface area contributed by atoms with Crippen LogP contribution in [0.4, 0.5) is 0 Å². The Kier molecular flexibility index (Phi) is 4.00. The van der Waals surface area contributed by atoms with Crippen molar-refractivity contribution >= 4 is 58.3 Å². The van der Waals surface area contributed by atoms with Gasteiger partial charge in [0.15, 0.2) is 4.87 Å². The first kappa shape index (κ1) is 15.6. The van der Waals surface area contributed by atoms with E-state index >= 15 is 0 Å². The summed E-state index contributed by atoms with van der Waals surface area (Å²) in [6.45, 7) is 2.48. The molecule has 0 bridgehead atoms. The van der Waals surface area contributed by atoms with Crippen molar-refractivity contribution in [2.45, 2.75) is 18.7 Å². The molecule has 0 spiro atoms. The topological polar surface area (TPSA) is 74.6 Å². The molecule has 2 N–H and O–H groups in total. The standard InChI is InChI=1S/C10H8Cl4O4/c1-3-4(11)6(13)9(2,7(15)16)10(14,5(3)12)8(17)18/h1-2H3,(H,15,16)(H,17,18). The summed E-state index contributed by atoms with van der Waals surface area (Å²) in [6.07, 6.45) is 0. The molecule has 0 aromatic carbocycles. The van der Waals surface area contributed by atoms with E-state index in [1.54, 1.807) is 0 Å². The van der Waals surface area contributed by atoms with Crippen LogP contribution in [0.1, 0.15) is 13.8 Å². The average molecular weight is 334 g/mol. The molecule has 0 aromatic heterocycles. The van der Waals surface area contributed by atoms with E-state index in [4.69, 9.17) is 46.4 Å². The zero-order valence-corrected chi connectivity index (χ0v) is 12.2. The molecule has 1 aliphatic carbocycles. The second-order valence-corrected chi connectivity index (χ2v) is 5.66. The summed E-state index contributed by atoms with van der Waals surface area (Å²) in [5.74, 6) is -3.14. The maximum atomic E-state index is 11.4. The molecule has 0 heterocycles. The van der Waals surface area contributed by atoms with Crippen LogP contribution in [0.2, 0.25) is 0 Å². The van der Waals surface area contributed by atoms with E-state index in [0.717, 1.165) is 6.92 Å². The fourth-order valence-corrected chi connectivity index (χ4v) is 3.08. The van der Waals surface area contributed by atoms with Crippen molar-refractivity contribution < 1.29 is 19.8 Å². The third-order valence-electron chi connectivity index (χ3n) is 3.00. The number of carboxylic acids is 2. The van der Waals surface area contributed by atoms with Gasteiger partial charge >= 0.3 is 11.9 Å². The quantitative estimate of drug-likeness (QED) is 0.760. The molecule has 8 heteroatoms. The molecule has 1 aliphatic rings. The molecule has 2 unspecified atom stereocenters. The highest BCUT2D eigenvalue weighted by atomic mass is 35.5. The molecule has 0 radical (unpaired) electrons. The maximum Gasteiger partial charge on any atom is 0.331 e. The minimum Gasteiger partial charge on any atom is -0.480 e. The van der Waals surface area contributed by atoms with Crippen molar-refractivity contribution in [1.29, 1.82) is 0 Å². The van der Waals surface area contributed by atoms with Gasteiger partial charge in [-0.25, -0.2) is 4.79 Å². The number of alkyl halides is 1. The van der Waals surface area contributed by atoms with E-state index in [0.29, 0.717) is 0 Å². The highest BCUT2D eigenvalue weighted by Crippen LogP contribution is 2.57. The highest BCUT2D eigenvalue weighted by molar-refractivity contribution is 6.52. The van der Waals surface area contributed by atoms with Gasteiger partial charge in [0.2, 0.25) is 0 Å². The number of hydrogen-bond acceptors (Lipinski definition) is 2. The van der Waals surface area contributed by atoms with Crippen molar-refractivity contribution in [3.63, 3.8) is 0 Å². The number of rotatable bonds is 2. The minimum atomic E-state index is -2.40. The van der Waals surface area contributed by atoms with Gasteiger partial charge in [-0.15, -0.1) is 0 Å². The van der Waals surface area contributed by atoms with Crippen LogP contribution in [0, 0.1) is 5.41 Å². The second-order valence-electron chi connectivity index (χ2n) is 3.96. The molecular formula is C10H8Cl4O4. The Hall–Kier alpha value is -0.420. The van der Waals surface area contributed by atoms with Crippen LogP contribution in [0.3, 0.4) is 0 Å². The van der Waals surface area contributed by atoms with Gasteiger partial charge in [-0.3, -0.25) is 4.79 Å². The lowest BCUT2D eigenvalue weighted by Crippen LogP contribution is -2.55. The van der Waals surface area contributed by atoms with Crippen molar-refractivity contribution in [3.8, 4) is 0 Å². The third-order valence-corrected chi connectivity index (χ3v) is 5.53. The molecule has 0 saturated heterocycles. The Bertz CT molecular complexity index is 464. The number of aliphatic carboxylic acids is 2. The monoisotopic (exact) mass is 332 g/mol. The predicted octanol–water partition coefficient (Wildman–Crippen LogP) is 3.36. The van der Waals surface area contributed by atoms with Crippen molar-refractivity contribution in [2.75, 3.05) is 0 Å². The van der Waals surface area contributed by atoms with Crippen molar-refractivity contribution in [3.05, 3.63) is 20.7 Å². The Morgan fingerprint density at radius 3 is 1.83 bits per heavy atom. The summed E-state index contributed by atoms with van der Waals surface area (Å²) in [5, 5.41) is 17.7. The number of allylic oxidation sites excluding steroid dienone is 2. The molecule has 0 fully saturated rings. The molecule has 4 nitrogen and oxygen atoms in total. The molecule has 18 heavy (non-hydrogen) atoms. The maximum absolute atomic E-state index is 11.4. The summed E-state index contributed by atoms with van der Waals surface area (Å²) < 4.78 is 0. The Morgan fingerprint density at radius 2 is 1.50 bits per heavy atom. The second kappa shape index (κ2) is 4.60. The van der Waals surface area contributed by atoms with Gasteiger partial charge in [-0.05, 0) is 19.4 Å². The predicted molar refractivity (Wildman–Crippen MR) is 69.2 cm³/mol. The lowest BCUT2D eigenvalue weighted by atomic mass is 9.71. The average Bonchev–Trinajstić information content (AvgIpc) is 2.30. The molecule has 1 rings (SSSR count). The van der Waals surface area contributed by atoms with Crippen molar-refractivity contribution in [2.24, 2.45) is 5.41 Å². The van der Waals surface area contributed by atoms with E-state index in [9.17, 15) is 19.8 Å². The fourth-order valence-electron chi connectivity index (χ4n) is 1.66. The van der Waals surface area contributed by atoms with Crippen LogP contribution in [0.5, 0.6) is 0 Å². The Balaban J connectivity index is 3.80. The van der Waals surface area contributed by atoms with Crippen LogP contribution in [0.15, 0.2) is 20.7 Å². The number of halogens is 4. The first-order chi connectivity index (χ1) is 8.02. The van der Waals surface area contributed by atoms with Crippen molar-refractivity contribution in [1.82, 2.24) is 0 Å². The summed E-state index contributed by atoms with van der Waals surface area (Å²) >= 11 is 23.6. The Labute approximate surface area is 123 Å². The van der Waals surface area contributed by atoms with Crippen LogP contribution < -0.4 is 0 Å². The molecule has 0 aromatic rings. The van der Waals surface area contributed by atoms with Gasteiger partial charge in [0.05, 0.1) is 15.1 Å². The number of hydrogen-bond donors (Lipinski definition) is 2. The molecule has 0 saturated carbocycles. The Morgan fingerprint density at radius 1 is 1.06 bits per heavy atom. The summed E-state index contributed by atoms with van der Waals surface area (Å²) in [5.41, 5.74) is -2.02. The van der Waals surface area contributed by atoms with Crippen LogP contribution in [0.25, 0.3) is 0 Å². The van der Waals surface area contributed by atoms with Gasteiger partial charge in [-0.1, -0.05) is 46.4 Å². The zero-order chi connectivity index (χ0) is 14.5. The van der Waals surface area contributed by atoms with E-state index in [1.807, 2.05) is 0 Å². The normalized spacial score (nSPS) is 32.8. The summed E-state index contributed by atoms with van der Waals surface area (Å²) in [4.78, 5) is 20.4. The van der Waals surface area contributed by atoms with Crippen LogP contribution in [-0.2, 0) is 9.59 Å². The number of carboxylic acid groups (broad SMARTS) is 2. The van der Waals surface area contributed by atoms with Gasteiger partial charge < -0.3 is 10.2 Å². The third kappa shape index (κ3) is 1.67. The SMILES string of the molecule is CC1=C(Cl)C(Cl)(C(=O)O)C(C)(C(=O)O)C(Cl)=C1Cl. The van der Waals surface area contributed by atoms with E-state index in [1.165, 1.54) is 6.92 Å². The first-order valence-electron chi connectivity index (χ1n) is 4.61. The van der Waals surface area contributed by atoms with Gasteiger partial charge in [0, 0.05) is 0 Å². The van der Waals surface area contributed by atoms with Gasteiger partial charge in [0.1, 0.15) is 5.41 Å². The summed E-state index contributed by atoms with van der Waals surface area (Å²) in [7, 11) is 0. The molecule has 0 aliphatic heterocycles. The zero-order valence-electron chi connectivity index (χ0n) is 9.22. The highest BCUT2D eigenvalue weighted by Gasteiger charge is 2.65. The van der Waals surface area contributed by atoms with Gasteiger partial charge in [0.25, 0.3) is 0 Å². The smallest absolute Gasteiger partial charge is 0.331 e. The van der Waals surface area contributed by atoms with E-state index in [-0.39, 0.29) is 20.7 Å². The molecule has 0 amide bonds. The molecule has 2 atom stereocenters. The first-order valence-corrected chi connectivity index (χ1v) is 6.12. The van der Waals surface area contributed by atoms with E-state index < -0.39 is 22.2 Å². The fraction of sp³-hybridized carbons (Fsp3) is 0.400. The number of carbonyl (C=O) groups is 2. The minimum absolute atomic E-state index is 0.107.